The smallest absolute Gasteiger partial charge is 0.410 e. The second kappa shape index (κ2) is 11.3. The number of carbonyl (C=O) groups is 2. The molecule has 13 heteroatoms. The van der Waals surface area contributed by atoms with Crippen LogP contribution in [0.15, 0.2) is 42.7 Å². The highest BCUT2D eigenvalue weighted by Gasteiger charge is 2.31. The Morgan fingerprint density at radius 2 is 1.86 bits per heavy atom. The molecule has 0 aliphatic carbocycles. The van der Waals surface area contributed by atoms with E-state index in [4.69, 9.17) is 15.6 Å². The number of hydrogen-bond acceptors (Lipinski definition) is 7. The number of carbonyl (C=O) groups excluding carboxylic acids is 2. The van der Waals surface area contributed by atoms with Crippen molar-refractivity contribution in [2.75, 3.05) is 18.8 Å². The summed E-state index contributed by atoms with van der Waals surface area (Å²) >= 11 is 0. The summed E-state index contributed by atoms with van der Waals surface area (Å²) < 4.78 is 49.6. The maximum atomic E-state index is 14.8. The third-order valence-electron chi connectivity index (χ3n) is 6.84. The molecule has 0 bridgehead atoms. The van der Waals surface area contributed by atoms with E-state index in [2.05, 4.69) is 15.3 Å². The summed E-state index contributed by atoms with van der Waals surface area (Å²) in [5.41, 5.74) is 6.53. The molecular formula is C29H30F3N7O3. The van der Waals surface area contributed by atoms with E-state index in [0.29, 0.717) is 41.8 Å². The number of fused-ring (bicyclic) bond motifs is 1. The summed E-state index contributed by atoms with van der Waals surface area (Å²) in [6.45, 7) is 6.00. The number of nitrogens with one attached hydrogen (secondary N) is 1. The van der Waals surface area contributed by atoms with Crippen molar-refractivity contribution < 1.29 is 27.5 Å². The number of benzene rings is 2. The summed E-state index contributed by atoms with van der Waals surface area (Å²) in [7, 11) is 0. The molecule has 1 saturated heterocycles. The Balaban J connectivity index is 1.45. The lowest BCUT2D eigenvalue weighted by atomic mass is 10.0. The largest absolute Gasteiger partial charge is 0.444 e. The molecule has 220 valence electrons. The second-order valence-corrected chi connectivity index (χ2v) is 11.1. The van der Waals surface area contributed by atoms with Gasteiger partial charge in [-0.05, 0) is 70.0 Å². The molecule has 1 aliphatic heterocycles. The SMILES string of the molecule is CC(C)(C)OC(=O)N1CCC[C@@H](n2nc(-c3ccc(F)c(CNC(=O)c4cc(F)ccc4F)c3)c3c(N)ncnc32)C1. The van der Waals surface area contributed by atoms with Crippen molar-refractivity contribution in [1.29, 1.82) is 0 Å². The van der Waals surface area contributed by atoms with Gasteiger partial charge in [-0.25, -0.2) is 32.6 Å². The fraction of sp³-hybridized carbons (Fsp3) is 0.345. The quantitative estimate of drug-likeness (QED) is 0.340. The first-order valence-electron chi connectivity index (χ1n) is 13.4. The van der Waals surface area contributed by atoms with Crippen LogP contribution in [0.5, 0.6) is 0 Å². The second-order valence-electron chi connectivity index (χ2n) is 11.1. The van der Waals surface area contributed by atoms with E-state index < -0.39 is 40.6 Å². The Hall–Kier alpha value is -4.68. The van der Waals surface area contributed by atoms with Crippen molar-refractivity contribution in [2.45, 2.75) is 51.8 Å². The fourth-order valence-corrected chi connectivity index (χ4v) is 4.90. The third-order valence-corrected chi connectivity index (χ3v) is 6.84. The number of nitrogens with two attached hydrogens (primary N) is 1. The van der Waals surface area contributed by atoms with Crippen LogP contribution in [-0.4, -0.2) is 55.3 Å². The van der Waals surface area contributed by atoms with Crippen LogP contribution in [0.2, 0.25) is 0 Å². The van der Waals surface area contributed by atoms with Gasteiger partial charge >= 0.3 is 6.09 Å². The van der Waals surface area contributed by atoms with Gasteiger partial charge in [-0.2, -0.15) is 5.10 Å². The Kier molecular flexibility index (Phi) is 7.76. The van der Waals surface area contributed by atoms with Crippen LogP contribution in [0.3, 0.4) is 0 Å². The predicted molar refractivity (Wildman–Crippen MR) is 149 cm³/mol. The van der Waals surface area contributed by atoms with Crippen molar-refractivity contribution in [3.05, 3.63) is 71.3 Å². The average molecular weight is 582 g/mol. The van der Waals surface area contributed by atoms with E-state index in [1.54, 1.807) is 9.58 Å². The first-order chi connectivity index (χ1) is 19.9. The molecule has 2 aromatic carbocycles. The summed E-state index contributed by atoms with van der Waals surface area (Å²) in [6, 6.07) is 6.50. The van der Waals surface area contributed by atoms with Gasteiger partial charge in [-0.3, -0.25) is 4.79 Å². The standard InChI is InChI=1S/C29H30F3N7O3/c1-29(2,3)42-28(41)38-10-4-5-19(14-38)39-26-23(25(33)35-15-36-26)24(37-39)16-6-8-21(31)17(11-16)13-34-27(40)20-12-18(30)7-9-22(20)32/h6-9,11-12,15,19H,4-5,10,13-14H2,1-3H3,(H,34,40)(H2,33,35,36)/t19-/m1/s1. The molecule has 10 nitrogen and oxygen atoms in total. The number of amides is 2. The highest BCUT2D eigenvalue weighted by atomic mass is 19.1. The molecule has 5 rings (SSSR count). The number of piperidine rings is 1. The number of ether oxygens (including phenoxy) is 1. The number of halogens is 3. The van der Waals surface area contributed by atoms with Crippen molar-refractivity contribution in [1.82, 2.24) is 30.0 Å². The van der Waals surface area contributed by atoms with Crippen molar-refractivity contribution >= 4 is 28.9 Å². The number of anilines is 1. The van der Waals surface area contributed by atoms with Crippen LogP contribution < -0.4 is 11.1 Å². The molecule has 2 amide bonds. The van der Waals surface area contributed by atoms with Crippen LogP contribution in [0.4, 0.5) is 23.8 Å². The van der Waals surface area contributed by atoms with E-state index in [1.165, 1.54) is 24.5 Å². The fourth-order valence-electron chi connectivity index (χ4n) is 4.90. The van der Waals surface area contributed by atoms with E-state index in [0.717, 1.165) is 24.6 Å². The maximum Gasteiger partial charge on any atom is 0.410 e. The number of hydrogen-bond donors (Lipinski definition) is 2. The summed E-state index contributed by atoms with van der Waals surface area (Å²) in [5, 5.41) is 7.69. The lowest BCUT2D eigenvalue weighted by molar-refractivity contribution is 0.0169. The van der Waals surface area contributed by atoms with Gasteiger partial charge < -0.3 is 20.7 Å². The molecule has 0 radical (unpaired) electrons. The first kappa shape index (κ1) is 28.8. The Morgan fingerprint density at radius 1 is 1.10 bits per heavy atom. The van der Waals surface area contributed by atoms with Crippen molar-refractivity contribution in [3.8, 4) is 11.3 Å². The molecule has 2 aromatic heterocycles. The summed E-state index contributed by atoms with van der Waals surface area (Å²) in [5.74, 6) is -3.02. The molecule has 42 heavy (non-hydrogen) atoms. The van der Waals surface area contributed by atoms with Gasteiger partial charge in [0.2, 0.25) is 0 Å². The van der Waals surface area contributed by atoms with Gasteiger partial charge in [0, 0.05) is 30.8 Å². The van der Waals surface area contributed by atoms with Gasteiger partial charge in [-0.15, -0.1) is 0 Å². The first-order valence-corrected chi connectivity index (χ1v) is 13.4. The molecule has 4 aromatic rings. The molecule has 1 aliphatic rings. The van der Waals surface area contributed by atoms with E-state index in [9.17, 15) is 22.8 Å². The monoisotopic (exact) mass is 581 g/mol. The van der Waals surface area contributed by atoms with Crippen molar-refractivity contribution in [3.63, 3.8) is 0 Å². The minimum absolute atomic E-state index is 0.0875. The molecular weight excluding hydrogens is 551 g/mol. The van der Waals surface area contributed by atoms with E-state index in [1.807, 2.05) is 20.8 Å². The number of rotatable bonds is 5. The molecule has 1 atom stereocenters. The topological polar surface area (TPSA) is 128 Å². The minimum Gasteiger partial charge on any atom is -0.444 e. The molecule has 3 heterocycles. The number of nitrogen functional groups attached to an aromatic ring is 1. The Morgan fingerprint density at radius 3 is 2.62 bits per heavy atom. The average Bonchev–Trinajstić information content (AvgIpc) is 3.34. The number of nitrogens with zero attached hydrogens (tertiary/aromatic N) is 5. The van der Waals surface area contributed by atoms with Gasteiger partial charge in [0.15, 0.2) is 5.65 Å². The van der Waals surface area contributed by atoms with Crippen molar-refractivity contribution in [2.24, 2.45) is 0 Å². The van der Waals surface area contributed by atoms with Gasteiger partial charge in [0.05, 0.1) is 17.0 Å². The number of likely N-dealkylation sites (tertiary alicyclic amines) is 1. The highest BCUT2D eigenvalue weighted by Crippen LogP contribution is 2.34. The lowest BCUT2D eigenvalue weighted by Gasteiger charge is -2.34. The van der Waals surface area contributed by atoms with E-state index >= 15 is 0 Å². The van der Waals surface area contributed by atoms with Crippen LogP contribution in [0.1, 0.15) is 55.6 Å². The van der Waals surface area contributed by atoms with Crippen LogP contribution in [0.25, 0.3) is 22.3 Å². The zero-order valence-electron chi connectivity index (χ0n) is 23.3. The summed E-state index contributed by atoms with van der Waals surface area (Å²) in [6.07, 6.45) is 2.34. The van der Waals surface area contributed by atoms with Gasteiger partial charge in [0.1, 0.15) is 40.9 Å². The predicted octanol–water partition coefficient (Wildman–Crippen LogP) is 4.99. The van der Waals surface area contributed by atoms with Crippen LogP contribution in [-0.2, 0) is 11.3 Å². The van der Waals surface area contributed by atoms with Crippen LogP contribution in [0, 0.1) is 17.5 Å². The third kappa shape index (κ3) is 5.99. The number of aromatic nitrogens is 4. The summed E-state index contributed by atoms with van der Waals surface area (Å²) in [4.78, 5) is 35.4. The Bertz CT molecular complexity index is 1670. The molecule has 0 saturated carbocycles. The maximum absolute atomic E-state index is 14.8. The molecule has 3 N–H and O–H groups in total. The van der Waals surface area contributed by atoms with E-state index in [-0.39, 0.29) is 24.0 Å². The zero-order chi connectivity index (χ0) is 30.2. The minimum atomic E-state index is -0.899. The van der Waals surface area contributed by atoms with Crippen LogP contribution >= 0.6 is 0 Å². The zero-order valence-corrected chi connectivity index (χ0v) is 23.3. The Labute approximate surface area is 239 Å². The molecule has 0 spiro atoms. The van der Waals surface area contributed by atoms with Gasteiger partial charge in [0.25, 0.3) is 5.91 Å². The molecule has 1 fully saturated rings. The highest BCUT2D eigenvalue weighted by molar-refractivity contribution is 5.98. The lowest BCUT2D eigenvalue weighted by Crippen LogP contribution is -2.43. The molecule has 0 unspecified atom stereocenters. The normalized spacial score (nSPS) is 15.6. The van der Waals surface area contributed by atoms with Gasteiger partial charge in [-0.1, -0.05) is 0 Å².